The molecule has 0 aliphatic carbocycles. The van der Waals surface area contributed by atoms with Crippen LogP contribution in [0.1, 0.15) is 17.6 Å². The summed E-state index contributed by atoms with van der Waals surface area (Å²) in [6.45, 7) is 4.58. The molecule has 0 saturated carbocycles. The lowest BCUT2D eigenvalue weighted by molar-refractivity contribution is -0.143. The molecule has 6 nitrogen and oxygen atoms in total. The lowest BCUT2D eigenvalue weighted by Gasteiger charge is -2.19. The second-order valence-electron chi connectivity index (χ2n) is 4.65. The molecule has 1 N–H and O–H groups in total. The number of hydrogen-bond donors (Lipinski definition) is 1. The fourth-order valence-corrected chi connectivity index (χ4v) is 2.56. The Labute approximate surface area is 133 Å². The van der Waals surface area contributed by atoms with E-state index in [0.29, 0.717) is 30.9 Å². The molecule has 2 aromatic rings. The third-order valence-electron chi connectivity index (χ3n) is 3.20. The van der Waals surface area contributed by atoms with Gasteiger partial charge in [-0.1, -0.05) is 0 Å². The number of thiazole rings is 1. The number of nitrogens with one attached hydrogen (secondary N) is 1. The van der Waals surface area contributed by atoms with Crippen molar-refractivity contribution in [2.45, 2.75) is 20.3 Å². The minimum atomic E-state index is -0.642. The third kappa shape index (κ3) is 4.11. The van der Waals surface area contributed by atoms with Gasteiger partial charge in [0.2, 0.25) is 0 Å². The van der Waals surface area contributed by atoms with Gasteiger partial charge in [0.15, 0.2) is 0 Å². The van der Waals surface area contributed by atoms with Crippen molar-refractivity contribution in [3.8, 4) is 0 Å². The molecule has 0 aliphatic heterocycles. The van der Waals surface area contributed by atoms with Crippen LogP contribution in [0.25, 0.3) is 0 Å². The Morgan fingerprint density at radius 3 is 2.77 bits per heavy atom. The minimum Gasteiger partial charge on any atom is -0.334 e. The molecule has 2 aromatic heterocycles. The van der Waals surface area contributed by atoms with Gasteiger partial charge in [0.25, 0.3) is 0 Å². The van der Waals surface area contributed by atoms with Gasteiger partial charge >= 0.3 is 11.8 Å². The zero-order valence-electron chi connectivity index (χ0n) is 12.6. The van der Waals surface area contributed by atoms with Crippen molar-refractivity contribution in [3.05, 3.63) is 40.6 Å². The molecule has 116 valence electrons. The number of amides is 2. The SMILES string of the molecule is CCN(CCc1nccs1)C(=O)C(=O)Nc1cccnc1C. The first-order chi connectivity index (χ1) is 10.6. The molecule has 0 spiro atoms. The predicted molar refractivity (Wildman–Crippen MR) is 85.7 cm³/mol. The fraction of sp³-hybridized carbons (Fsp3) is 0.333. The highest BCUT2D eigenvalue weighted by atomic mass is 32.1. The van der Waals surface area contributed by atoms with E-state index in [-0.39, 0.29) is 0 Å². The van der Waals surface area contributed by atoms with Gasteiger partial charge in [0.05, 0.1) is 16.4 Å². The number of pyridine rings is 1. The van der Waals surface area contributed by atoms with Crippen molar-refractivity contribution < 1.29 is 9.59 Å². The summed E-state index contributed by atoms with van der Waals surface area (Å²) in [5.41, 5.74) is 1.23. The van der Waals surface area contributed by atoms with E-state index in [4.69, 9.17) is 0 Å². The van der Waals surface area contributed by atoms with E-state index >= 15 is 0 Å². The van der Waals surface area contributed by atoms with E-state index in [0.717, 1.165) is 5.01 Å². The van der Waals surface area contributed by atoms with Crippen molar-refractivity contribution in [1.29, 1.82) is 0 Å². The quantitative estimate of drug-likeness (QED) is 0.854. The molecule has 2 amide bonds. The highest BCUT2D eigenvalue weighted by Crippen LogP contribution is 2.11. The molecule has 2 rings (SSSR count). The van der Waals surface area contributed by atoms with Crippen molar-refractivity contribution in [3.63, 3.8) is 0 Å². The van der Waals surface area contributed by atoms with E-state index in [2.05, 4.69) is 15.3 Å². The molecule has 2 heterocycles. The molecule has 22 heavy (non-hydrogen) atoms. The fourth-order valence-electron chi connectivity index (χ4n) is 1.95. The normalized spacial score (nSPS) is 10.3. The Bertz CT molecular complexity index is 643. The van der Waals surface area contributed by atoms with Crippen molar-refractivity contribution in [2.24, 2.45) is 0 Å². The molecule has 7 heteroatoms. The molecule has 0 fully saturated rings. The summed E-state index contributed by atoms with van der Waals surface area (Å²) in [5.74, 6) is -1.18. The number of rotatable bonds is 5. The smallest absolute Gasteiger partial charge is 0.313 e. The van der Waals surface area contributed by atoms with Crippen molar-refractivity contribution in [2.75, 3.05) is 18.4 Å². The van der Waals surface area contributed by atoms with E-state index in [1.807, 2.05) is 12.3 Å². The van der Waals surface area contributed by atoms with Crippen LogP contribution in [-0.2, 0) is 16.0 Å². The van der Waals surface area contributed by atoms with Gasteiger partial charge in [0, 0.05) is 37.3 Å². The highest BCUT2D eigenvalue weighted by Gasteiger charge is 2.21. The van der Waals surface area contributed by atoms with Gasteiger partial charge in [-0.3, -0.25) is 14.6 Å². The molecule has 0 saturated heterocycles. The Kier molecular flexibility index (Phi) is 5.60. The van der Waals surface area contributed by atoms with Crippen molar-refractivity contribution >= 4 is 28.8 Å². The molecule has 0 aromatic carbocycles. The van der Waals surface area contributed by atoms with Gasteiger partial charge in [-0.2, -0.15) is 0 Å². The molecular weight excluding hydrogens is 300 g/mol. The van der Waals surface area contributed by atoms with Crippen LogP contribution in [0.2, 0.25) is 0 Å². The van der Waals surface area contributed by atoms with E-state index in [1.54, 1.807) is 42.8 Å². The molecule has 0 unspecified atom stereocenters. The average molecular weight is 318 g/mol. The number of carbonyl (C=O) groups is 2. The average Bonchev–Trinajstić information content (AvgIpc) is 3.03. The maximum Gasteiger partial charge on any atom is 0.313 e. The lowest BCUT2D eigenvalue weighted by atomic mass is 10.3. The van der Waals surface area contributed by atoms with E-state index in [9.17, 15) is 9.59 Å². The molecule has 0 radical (unpaired) electrons. The summed E-state index contributed by atoms with van der Waals surface area (Å²) in [5, 5.41) is 5.46. The molecular formula is C15H18N4O2S. The predicted octanol–water partition coefficient (Wildman–Crippen LogP) is 1.88. The topological polar surface area (TPSA) is 75.2 Å². The Hall–Kier alpha value is -2.28. The van der Waals surface area contributed by atoms with Crippen LogP contribution < -0.4 is 5.32 Å². The first kappa shape index (κ1) is 16.1. The summed E-state index contributed by atoms with van der Waals surface area (Å²) >= 11 is 1.54. The number of aromatic nitrogens is 2. The third-order valence-corrected chi connectivity index (χ3v) is 4.04. The van der Waals surface area contributed by atoms with Gasteiger partial charge in [-0.15, -0.1) is 11.3 Å². The number of anilines is 1. The first-order valence-electron chi connectivity index (χ1n) is 7.02. The van der Waals surface area contributed by atoms with Crippen LogP contribution >= 0.6 is 11.3 Å². The summed E-state index contributed by atoms with van der Waals surface area (Å²) in [6, 6.07) is 3.44. The second-order valence-corrected chi connectivity index (χ2v) is 5.63. The zero-order valence-corrected chi connectivity index (χ0v) is 13.4. The van der Waals surface area contributed by atoms with Crippen LogP contribution in [0.15, 0.2) is 29.9 Å². The van der Waals surface area contributed by atoms with Gasteiger partial charge in [-0.25, -0.2) is 4.98 Å². The van der Waals surface area contributed by atoms with Crippen LogP contribution in [0.3, 0.4) is 0 Å². The second kappa shape index (κ2) is 7.65. The monoisotopic (exact) mass is 318 g/mol. The van der Waals surface area contributed by atoms with Crippen LogP contribution in [-0.4, -0.2) is 39.8 Å². The van der Waals surface area contributed by atoms with Crippen LogP contribution in [0.5, 0.6) is 0 Å². The number of likely N-dealkylation sites (N-methyl/N-ethyl adjacent to an activating group) is 1. The molecule has 0 aliphatic rings. The number of aryl methyl sites for hydroxylation is 1. The van der Waals surface area contributed by atoms with E-state index in [1.165, 1.54) is 4.90 Å². The van der Waals surface area contributed by atoms with Crippen molar-refractivity contribution in [1.82, 2.24) is 14.9 Å². The Balaban J connectivity index is 1.95. The van der Waals surface area contributed by atoms with Gasteiger partial charge < -0.3 is 10.2 Å². The number of hydrogen-bond acceptors (Lipinski definition) is 5. The lowest BCUT2D eigenvalue weighted by Crippen LogP contribution is -2.40. The minimum absolute atomic E-state index is 0.474. The molecule has 0 bridgehead atoms. The molecule has 0 atom stereocenters. The van der Waals surface area contributed by atoms with Gasteiger partial charge in [-0.05, 0) is 26.0 Å². The van der Waals surface area contributed by atoms with Crippen LogP contribution in [0, 0.1) is 6.92 Å². The summed E-state index contributed by atoms with van der Waals surface area (Å²) in [4.78, 5) is 34.1. The first-order valence-corrected chi connectivity index (χ1v) is 7.90. The Morgan fingerprint density at radius 2 is 2.14 bits per heavy atom. The van der Waals surface area contributed by atoms with Gasteiger partial charge in [0.1, 0.15) is 0 Å². The maximum atomic E-state index is 12.2. The summed E-state index contributed by atoms with van der Waals surface area (Å²) < 4.78 is 0. The zero-order chi connectivity index (χ0) is 15.9. The maximum absolute atomic E-state index is 12.2. The highest BCUT2D eigenvalue weighted by molar-refractivity contribution is 7.09. The standard InChI is InChI=1S/C15H18N4O2S/c1-3-19(9-6-13-17-8-10-22-13)15(21)14(20)18-12-5-4-7-16-11(12)2/h4-5,7-8,10H,3,6,9H2,1-2H3,(H,18,20). The summed E-state index contributed by atoms with van der Waals surface area (Å²) in [6.07, 6.45) is 4.02. The number of carbonyl (C=O) groups excluding carboxylic acids is 2. The largest absolute Gasteiger partial charge is 0.334 e. The van der Waals surface area contributed by atoms with E-state index < -0.39 is 11.8 Å². The number of nitrogens with zero attached hydrogens (tertiary/aromatic N) is 3. The Morgan fingerprint density at radius 1 is 1.32 bits per heavy atom. The van der Waals surface area contributed by atoms with Crippen LogP contribution in [0.4, 0.5) is 5.69 Å². The summed E-state index contributed by atoms with van der Waals surface area (Å²) in [7, 11) is 0.